The van der Waals surface area contributed by atoms with Crippen LogP contribution in [-0.2, 0) is 22.6 Å². The highest BCUT2D eigenvalue weighted by Crippen LogP contribution is 2.20. The molecule has 0 atom stereocenters. The van der Waals surface area contributed by atoms with Gasteiger partial charge >= 0.3 is 0 Å². The van der Waals surface area contributed by atoms with Gasteiger partial charge in [0.2, 0.25) is 5.91 Å². The van der Waals surface area contributed by atoms with Crippen LogP contribution in [0.25, 0.3) is 0 Å². The number of halogens is 2. The Hall–Kier alpha value is -3.58. The van der Waals surface area contributed by atoms with Crippen molar-refractivity contribution in [2.45, 2.75) is 13.0 Å². The van der Waals surface area contributed by atoms with Gasteiger partial charge in [-0.1, -0.05) is 48.0 Å². The average molecular weight is 443 g/mol. The second-order valence-corrected chi connectivity index (χ2v) is 6.91. The number of nitrogens with one attached hydrogen (secondary N) is 2. The fraction of sp³-hybridized carbons (Fsp3) is 0.130. The fourth-order valence-corrected chi connectivity index (χ4v) is 2.83. The molecule has 0 aliphatic heterocycles. The van der Waals surface area contributed by atoms with E-state index in [0.29, 0.717) is 18.1 Å². The van der Waals surface area contributed by atoms with Crippen molar-refractivity contribution >= 4 is 23.4 Å². The van der Waals surface area contributed by atoms with Gasteiger partial charge in [-0.25, -0.2) is 4.39 Å². The minimum atomic E-state index is -0.611. The lowest BCUT2D eigenvalue weighted by molar-refractivity contribution is -0.129. The Labute approximate surface area is 183 Å². The summed E-state index contributed by atoms with van der Waals surface area (Å²) in [5, 5.41) is 0.140. The molecule has 0 fully saturated rings. The molecule has 0 aliphatic rings. The van der Waals surface area contributed by atoms with E-state index in [-0.39, 0.29) is 23.6 Å². The lowest BCUT2D eigenvalue weighted by Gasteiger charge is -2.10. The summed E-state index contributed by atoms with van der Waals surface area (Å²) in [4.78, 5) is 23.7. The van der Waals surface area contributed by atoms with E-state index < -0.39 is 17.6 Å². The zero-order valence-corrected chi connectivity index (χ0v) is 17.2. The topological polar surface area (TPSA) is 76.7 Å². The molecule has 0 heterocycles. The van der Waals surface area contributed by atoms with Gasteiger partial charge in [0.1, 0.15) is 23.9 Å². The van der Waals surface area contributed by atoms with Crippen molar-refractivity contribution in [3.63, 3.8) is 0 Å². The highest BCUT2D eigenvalue weighted by molar-refractivity contribution is 6.31. The van der Waals surface area contributed by atoms with E-state index in [1.165, 1.54) is 18.2 Å². The SMILES string of the molecule is O=C(COc1ccc(OCc2ccccc2)cc1)NNC(=O)Cc1c(F)cccc1Cl. The van der Waals surface area contributed by atoms with Crippen LogP contribution in [0.3, 0.4) is 0 Å². The first-order valence-electron chi connectivity index (χ1n) is 9.41. The van der Waals surface area contributed by atoms with Crippen molar-refractivity contribution in [3.05, 3.63) is 94.8 Å². The Bertz CT molecular complexity index is 1010. The zero-order valence-electron chi connectivity index (χ0n) is 16.4. The first-order chi connectivity index (χ1) is 15.0. The summed E-state index contributed by atoms with van der Waals surface area (Å²) < 4.78 is 24.8. The Kier molecular flexibility index (Phi) is 7.84. The molecule has 31 heavy (non-hydrogen) atoms. The van der Waals surface area contributed by atoms with Gasteiger partial charge in [-0.2, -0.15) is 0 Å². The Balaban J connectivity index is 1.38. The highest BCUT2D eigenvalue weighted by atomic mass is 35.5. The predicted octanol–water partition coefficient (Wildman–Crippen LogP) is 3.83. The van der Waals surface area contributed by atoms with Crippen molar-refractivity contribution in [1.82, 2.24) is 10.9 Å². The number of ether oxygens (including phenoxy) is 2. The molecule has 6 nitrogen and oxygen atoms in total. The minimum absolute atomic E-state index is 0.0572. The molecule has 160 valence electrons. The van der Waals surface area contributed by atoms with E-state index in [4.69, 9.17) is 21.1 Å². The predicted molar refractivity (Wildman–Crippen MR) is 114 cm³/mol. The largest absolute Gasteiger partial charge is 0.489 e. The van der Waals surface area contributed by atoms with Gasteiger partial charge in [0.15, 0.2) is 6.61 Å². The van der Waals surface area contributed by atoms with Crippen LogP contribution in [0.1, 0.15) is 11.1 Å². The molecule has 0 saturated heterocycles. The van der Waals surface area contributed by atoms with E-state index >= 15 is 0 Å². The van der Waals surface area contributed by atoms with Crippen LogP contribution in [0.5, 0.6) is 11.5 Å². The van der Waals surface area contributed by atoms with E-state index in [9.17, 15) is 14.0 Å². The number of hydrogen-bond donors (Lipinski definition) is 2. The first-order valence-corrected chi connectivity index (χ1v) is 9.79. The van der Waals surface area contributed by atoms with Gasteiger partial charge in [-0.05, 0) is 42.0 Å². The van der Waals surface area contributed by atoms with E-state index in [0.717, 1.165) is 5.56 Å². The van der Waals surface area contributed by atoms with Gasteiger partial charge in [-0.15, -0.1) is 0 Å². The summed E-state index contributed by atoms with van der Waals surface area (Å²) >= 11 is 5.88. The highest BCUT2D eigenvalue weighted by Gasteiger charge is 2.12. The molecule has 0 bridgehead atoms. The smallest absolute Gasteiger partial charge is 0.276 e. The maximum atomic E-state index is 13.7. The number of hydrogen-bond acceptors (Lipinski definition) is 4. The van der Waals surface area contributed by atoms with Crippen LogP contribution in [0.2, 0.25) is 5.02 Å². The van der Waals surface area contributed by atoms with E-state index in [2.05, 4.69) is 10.9 Å². The molecule has 0 saturated carbocycles. The Morgan fingerprint density at radius 1 is 0.806 bits per heavy atom. The van der Waals surface area contributed by atoms with Gasteiger partial charge < -0.3 is 9.47 Å². The average Bonchev–Trinajstić information content (AvgIpc) is 2.79. The van der Waals surface area contributed by atoms with Gasteiger partial charge in [0, 0.05) is 10.6 Å². The van der Waals surface area contributed by atoms with Crippen molar-refractivity contribution < 1.29 is 23.5 Å². The van der Waals surface area contributed by atoms with Crippen LogP contribution >= 0.6 is 11.6 Å². The van der Waals surface area contributed by atoms with Crippen LogP contribution in [0.4, 0.5) is 4.39 Å². The number of benzene rings is 3. The van der Waals surface area contributed by atoms with Crippen LogP contribution in [0.15, 0.2) is 72.8 Å². The molecule has 8 heteroatoms. The molecule has 0 unspecified atom stereocenters. The Morgan fingerprint density at radius 2 is 1.45 bits per heavy atom. The first kappa shape index (κ1) is 22.1. The number of hydrazine groups is 1. The summed E-state index contributed by atoms with van der Waals surface area (Å²) in [6.07, 6.45) is -0.308. The molecule has 3 aromatic carbocycles. The van der Waals surface area contributed by atoms with E-state index in [1.807, 2.05) is 30.3 Å². The molecule has 0 aliphatic carbocycles. The third-order valence-electron chi connectivity index (χ3n) is 4.18. The van der Waals surface area contributed by atoms with Crippen molar-refractivity contribution in [2.75, 3.05) is 6.61 Å². The number of carbonyl (C=O) groups is 2. The standard InChI is InChI=1S/C23H20ClFN2O4/c24-20-7-4-8-21(25)19(20)13-22(28)26-27-23(29)15-31-18-11-9-17(10-12-18)30-14-16-5-2-1-3-6-16/h1-12H,13-15H2,(H,26,28)(H,27,29). The summed E-state index contributed by atoms with van der Waals surface area (Å²) in [6, 6.07) is 20.7. The number of amides is 2. The van der Waals surface area contributed by atoms with Gasteiger partial charge in [-0.3, -0.25) is 20.4 Å². The second kappa shape index (κ2) is 11.0. The van der Waals surface area contributed by atoms with Gasteiger partial charge in [0.25, 0.3) is 5.91 Å². The van der Waals surface area contributed by atoms with Crippen LogP contribution < -0.4 is 20.3 Å². The lowest BCUT2D eigenvalue weighted by atomic mass is 10.1. The molecule has 2 N–H and O–H groups in total. The monoisotopic (exact) mass is 442 g/mol. The molecular weight excluding hydrogens is 423 g/mol. The van der Waals surface area contributed by atoms with Gasteiger partial charge in [0.05, 0.1) is 6.42 Å². The quantitative estimate of drug-likeness (QED) is 0.520. The summed E-state index contributed by atoms with van der Waals surface area (Å²) in [7, 11) is 0. The van der Waals surface area contributed by atoms with Crippen LogP contribution in [-0.4, -0.2) is 18.4 Å². The third kappa shape index (κ3) is 7.01. The number of carbonyl (C=O) groups excluding carboxylic acids is 2. The summed E-state index contributed by atoms with van der Waals surface area (Å²) in [5.41, 5.74) is 5.52. The molecule has 3 rings (SSSR count). The summed E-state index contributed by atoms with van der Waals surface area (Å²) in [5.74, 6) is -0.641. The Morgan fingerprint density at radius 3 is 2.13 bits per heavy atom. The zero-order chi connectivity index (χ0) is 22.1. The molecule has 0 radical (unpaired) electrons. The maximum absolute atomic E-state index is 13.7. The maximum Gasteiger partial charge on any atom is 0.276 e. The normalized spacial score (nSPS) is 10.3. The lowest BCUT2D eigenvalue weighted by Crippen LogP contribution is -2.44. The van der Waals surface area contributed by atoms with Crippen LogP contribution in [0, 0.1) is 5.82 Å². The van der Waals surface area contributed by atoms with Crippen molar-refractivity contribution in [1.29, 1.82) is 0 Å². The molecule has 3 aromatic rings. The molecule has 0 spiro atoms. The fourth-order valence-electron chi connectivity index (χ4n) is 2.60. The molecule has 2 amide bonds. The van der Waals surface area contributed by atoms with Crippen molar-refractivity contribution in [3.8, 4) is 11.5 Å². The third-order valence-corrected chi connectivity index (χ3v) is 4.54. The summed E-state index contributed by atoms with van der Waals surface area (Å²) in [6.45, 7) is 0.131. The second-order valence-electron chi connectivity index (χ2n) is 6.51. The molecule has 0 aromatic heterocycles. The number of rotatable bonds is 8. The van der Waals surface area contributed by atoms with Crippen molar-refractivity contribution in [2.24, 2.45) is 0 Å². The van der Waals surface area contributed by atoms with E-state index in [1.54, 1.807) is 24.3 Å². The minimum Gasteiger partial charge on any atom is -0.489 e. The molecular formula is C23H20ClFN2O4.